The predicted octanol–water partition coefficient (Wildman–Crippen LogP) is 5.32. The topological polar surface area (TPSA) is 64.5 Å². The Kier molecular flexibility index (Phi) is 4.64. The zero-order valence-corrected chi connectivity index (χ0v) is 14.9. The van der Waals surface area contributed by atoms with Crippen LogP contribution in [0.5, 0.6) is 0 Å². The van der Waals surface area contributed by atoms with Crippen molar-refractivity contribution >= 4 is 17.4 Å². The van der Waals surface area contributed by atoms with Gasteiger partial charge in [-0.15, -0.1) is 0 Å². The van der Waals surface area contributed by atoms with E-state index in [1.165, 1.54) is 0 Å². The number of benzene rings is 1. The second kappa shape index (κ2) is 6.70. The first-order valence-electron chi connectivity index (χ1n) is 8.31. The van der Waals surface area contributed by atoms with Crippen LogP contribution in [0.1, 0.15) is 62.3 Å². The Morgan fingerprint density at radius 2 is 2.08 bits per heavy atom. The van der Waals surface area contributed by atoms with Gasteiger partial charge < -0.3 is 5.32 Å². The van der Waals surface area contributed by atoms with Crippen LogP contribution in [0.2, 0.25) is 5.02 Å². The second-order valence-electron chi connectivity index (χ2n) is 6.39. The number of H-pyrrole nitrogens is 1. The number of hydrogen-bond acceptors (Lipinski definition) is 3. The summed E-state index contributed by atoms with van der Waals surface area (Å²) in [7, 11) is 0. The Hall–Kier alpha value is -2.25. The third-order valence-corrected chi connectivity index (χ3v) is 4.76. The van der Waals surface area contributed by atoms with Gasteiger partial charge >= 0.3 is 0 Å². The Morgan fingerprint density at radius 3 is 2.71 bits per heavy atom. The van der Waals surface area contributed by atoms with Crippen LogP contribution in [0.15, 0.2) is 35.5 Å². The SMILES string of the molecule is CCCC1=C(C#N)C(c2ccccc2Cl)c2c(n[nH]c2C(C)C)N1. The van der Waals surface area contributed by atoms with Crippen molar-refractivity contribution in [3.8, 4) is 6.07 Å². The predicted molar refractivity (Wildman–Crippen MR) is 97.1 cm³/mol. The number of hydrogen-bond donors (Lipinski definition) is 2. The maximum atomic E-state index is 9.88. The van der Waals surface area contributed by atoms with E-state index in [-0.39, 0.29) is 11.8 Å². The number of allylic oxidation sites excluding steroid dienone is 2. The molecule has 2 N–H and O–H groups in total. The van der Waals surface area contributed by atoms with Crippen molar-refractivity contribution in [3.63, 3.8) is 0 Å². The van der Waals surface area contributed by atoms with Crippen molar-refractivity contribution in [2.24, 2.45) is 0 Å². The van der Waals surface area contributed by atoms with E-state index in [4.69, 9.17) is 11.6 Å². The van der Waals surface area contributed by atoms with E-state index in [0.29, 0.717) is 5.02 Å². The van der Waals surface area contributed by atoms with Gasteiger partial charge in [0.1, 0.15) is 0 Å². The molecule has 5 heteroatoms. The molecular weight excluding hydrogens is 320 g/mol. The fourth-order valence-corrected chi connectivity index (χ4v) is 3.56. The Labute approximate surface area is 147 Å². The summed E-state index contributed by atoms with van der Waals surface area (Å²) >= 11 is 6.49. The van der Waals surface area contributed by atoms with E-state index >= 15 is 0 Å². The quantitative estimate of drug-likeness (QED) is 0.791. The number of rotatable bonds is 4. The van der Waals surface area contributed by atoms with Gasteiger partial charge in [0.2, 0.25) is 0 Å². The lowest BCUT2D eigenvalue weighted by Gasteiger charge is -2.28. The molecule has 1 unspecified atom stereocenters. The second-order valence-corrected chi connectivity index (χ2v) is 6.80. The molecule has 0 fully saturated rings. The van der Waals surface area contributed by atoms with Crippen molar-refractivity contribution in [3.05, 3.63) is 57.4 Å². The summed E-state index contributed by atoms with van der Waals surface area (Å²) in [4.78, 5) is 0. The van der Waals surface area contributed by atoms with Crippen LogP contribution in [-0.2, 0) is 0 Å². The van der Waals surface area contributed by atoms with Crippen molar-refractivity contribution in [1.29, 1.82) is 5.26 Å². The highest BCUT2D eigenvalue weighted by Crippen LogP contribution is 2.46. The molecule has 4 nitrogen and oxygen atoms in total. The lowest BCUT2D eigenvalue weighted by Crippen LogP contribution is -2.19. The van der Waals surface area contributed by atoms with Gasteiger partial charge in [0, 0.05) is 22.0 Å². The van der Waals surface area contributed by atoms with Crippen LogP contribution < -0.4 is 5.32 Å². The Bertz CT molecular complexity index is 826. The molecule has 2 aromatic rings. The van der Waals surface area contributed by atoms with Gasteiger partial charge in [-0.25, -0.2) is 0 Å². The van der Waals surface area contributed by atoms with Crippen molar-refractivity contribution in [1.82, 2.24) is 10.2 Å². The molecule has 2 heterocycles. The molecule has 0 spiro atoms. The molecule has 1 aliphatic heterocycles. The zero-order chi connectivity index (χ0) is 17.3. The Morgan fingerprint density at radius 1 is 1.33 bits per heavy atom. The van der Waals surface area contributed by atoms with Crippen molar-refractivity contribution < 1.29 is 0 Å². The molecule has 0 bridgehead atoms. The first-order chi connectivity index (χ1) is 11.6. The van der Waals surface area contributed by atoms with E-state index in [1.807, 2.05) is 24.3 Å². The molecule has 1 aliphatic rings. The number of aromatic amines is 1. The average molecular weight is 341 g/mol. The average Bonchev–Trinajstić information content (AvgIpc) is 2.98. The first-order valence-corrected chi connectivity index (χ1v) is 8.69. The largest absolute Gasteiger partial charge is 0.341 e. The molecular formula is C19H21ClN4. The minimum Gasteiger partial charge on any atom is -0.341 e. The van der Waals surface area contributed by atoms with Gasteiger partial charge in [-0.05, 0) is 24.0 Å². The molecule has 24 heavy (non-hydrogen) atoms. The summed E-state index contributed by atoms with van der Waals surface area (Å²) in [6, 6.07) is 10.2. The number of nitrogens with one attached hydrogen (secondary N) is 2. The molecule has 0 saturated carbocycles. The molecule has 124 valence electrons. The molecule has 3 rings (SSSR count). The van der Waals surface area contributed by atoms with Crippen molar-refractivity contribution in [2.45, 2.75) is 45.4 Å². The summed E-state index contributed by atoms with van der Waals surface area (Å²) in [5.74, 6) is 0.907. The maximum Gasteiger partial charge on any atom is 0.156 e. The van der Waals surface area contributed by atoms with Crippen LogP contribution >= 0.6 is 11.6 Å². The summed E-state index contributed by atoms with van der Waals surface area (Å²) < 4.78 is 0. The standard InChI is InChI=1S/C19H21ClN4/c1-4-7-15-13(10-21)16(12-8-5-6-9-14(12)20)17-18(11(2)3)23-24-19(17)22-15/h5-6,8-9,11,16H,4,7H2,1-3H3,(H2,22,23,24). The van der Waals surface area contributed by atoms with E-state index in [0.717, 1.165) is 46.8 Å². The number of aromatic nitrogens is 2. The van der Waals surface area contributed by atoms with E-state index in [2.05, 4.69) is 42.4 Å². The zero-order valence-electron chi connectivity index (χ0n) is 14.2. The third-order valence-electron chi connectivity index (χ3n) is 4.42. The molecule has 0 radical (unpaired) electrons. The molecule has 1 aromatic carbocycles. The number of nitrogens with zero attached hydrogens (tertiary/aromatic N) is 2. The third kappa shape index (κ3) is 2.70. The molecule has 1 atom stereocenters. The van der Waals surface area contributed by atoms with Crippen LogP contribution in [0.3, 0.4) is 0 Å². The fraction of sp³-hybridized carbons (Fsp3) is 0.368. The van der Waals surface area contributed by atoms with Gasteiger partial charge in [-0.3, -0.25) is 5.10 Å². The number of anilines is 1. The van der Waals surface area contributed by atoms with Crippen LogP contribution in [0.4, 0.5) is 5.82 Å². The normalized spacial score (nSPS) is 16.8. The first kappa shape index (κ1) is 16.6. The molecule has 0 aliphatic carbocycles. The fourth-order valence-electron chi connectivity index (χ4n) is 3.32. The number of nitriles is 1. The summed E-state index contributed by atoms with van der Waals surface area (Å²) in [5, 5.41) is 21.5. The number of fused-ring (bicyclic) bond motifs is 1. The maximum absolute atomic E-state index is 9.88. The smallest absolute Gasteiger partial charge is 0.156 e. The van der Waals surface area contributed by atoms with Gasteiger partial charge in [-0.2, -0.15) is 10.4 Å². The lowest BCUT2D eigenvalue weighted by molar-refractivity contribution is 0.782. The van der Waals surface area contributed by atoms with E-state index in [9.17, 15) is 5.26 Å². The summed E-state index contributed by atoms with van der Waals surface area (Å²) in [6.45, 7) is 6.34. The van der Waals surface area contributed by atoms with Crippen LogP contribution in [-0.4, -0.2) is 10.2 Å². The molecule has 1 aromatic heterocycles. The minimum absolute atomic E-state index is 0.183. The van der Waals surface area contributed by atoms with E-state index < -0.39 is 0 Å². The Balaban J connectivity index is 2.27. The van der Waals surface area contributed by atoms with Crippen LogP contribution in [0, 0.1) is 11.3 Å². The highest BCUT2D eigenvalue weighted by Gasteiger charge is 2.35. The minimum atomic E-state index is -0.183. The summed E-state index contributed by atoms with van der Waals surface area (Å²) in [5.41, 5.74) is 4.72. The van der Waals surface area contributed by atoms with Gasteiger partial charge in [-0.1, -0.05) is 57.0 Å². The van der Waals surface area contributed by atoms with Gasteiger partial charge in [0.25, 0.3) is 0 Å². The van der Waals surface area contributed by atoms with E-state index in [1.54, 1.807) is 0 Å². The highest BCUT2D eigenvalue weighted by atomic mass is 35.5. The monoisotopic (exact) mass is 340 g/mol. The lowest BCUT2D eigenvalue weighted by atomic mass is 9.80. The summed E-state index contributed by atoms with van der Waals surface area (Å²) in [6.07, 6.45) is 1.77. The van der Waals surface area contributed by atoms with Crippen molar-refractivity contribution in [2.75, 3.05) is 5.32 Å². The number of halogens is 1. The van der Waals surface area contributed by atoms with Gasteiger partial charge in [0.05, 0.1) is 17.6 Å². The highest BCUT2D eigenvalue weighted by molar-refractivity contribution is 6.31. The molecule has 0 amide bonds. The molecule has 0 saturated heterocycles. The van der Waals surface area contributed by atoms with Crippen LogP contribution in [0.25, 0.3) is 0 Å². The van der Waals surface area contributed by atoms with Gasteiger partial charge in [0.15, 0.2) is 5.82 Å².